The molecule has 2 amide bonds. The molecule has 0 spiro atoms. The summed E-state index contributed by atoms with van der Waals surface area (Å²) in [6.07, 6.45) is 1.11. The number of carbonyl (C=O) groups is 2. The highest BCUT2D eigenvalue weighted by molar-refractivity contribution is 5.91. The number of nitrogens with one attached hydrogen (secondary N) is 1. The van der Waals surface area contributed by atoms with Crippen LogP contribution in [0.3, 0.4) is 0 Å². The molecule has 0 bridgehead atoms. The number of rotatable bonds is 7. The molecular weight excluding hydrogens is 271 g/mol. The number of benzene rings is 1. The van der Waals surface area contributed by atoms with E-state index in [4.69, 9.17) is 0 Å². The number of amides is 2. The van der Waals surface area contributed by atoms with Crippen LogP contribution < -0.4 is 5.32 Å². The molecule has 1 rings (SSSR count). The topological polar surface area (TPSA) is 49.4 Å². The molecule has 0 fully saturated rings. The maximum Gasteiger partial charge on any atom is 0.226 e. The zero-order valence-electron chi connectivity index (χ0n) is 12.9. The molecular formula is C16H23FN2O2. The van der Waals surface area contributed by atoms with E-state index >= 15 is 0 Å². The Morgan fingerprint density at radius 1 is 1.29 bits per heavy atom. The Balaban J connectivity index is 2.44. The van der Waals surface area contributed by atoms with E-state index in [1.54, 1.807) is 11.0 Å². The van der Waals surface area contributed by atoms with Gasteiger partial charge < -0.3 is 10.2 Å². The van der Waals surface area contributed by atoms with Crippen molar-refractivity contribution in [3.63, 3.8) is 0 Å². The van der Waals surface area contributed by atoms with Crippen molar-refractivity contribution < 1.29 is 14.0 Å². The van der Waals surface area contributed by atoms with Crippen molar-refractivity contribution in [3.8, 4) is 0 Å². The van der Waals surface area contributed by atoms with Gasteiger partial charge in [-0.1, -0.05) is 19.9 Å². The number of carbonyl (C=O) groups excluding carboxylic acids is 2. The van der Waals surface area contributed by atoms with Crippen LogP contribution in [0.2, 0.25) is 0 Å². The van der Waals surface area contributed by atoms with E-state index in [0.29, 0.717) is 24.7 Å². The van der Waals surface area contributed by atoms with E-state index < -0.39 is 5.82 Å². The minimum atomic E-state index is -0.393. The average molecular weight is 294 g/mol. The van der Waals surface area contributed by atoms with Gasteiger partial charge in [0.15, 0.2) is 0 Å². The van der Waals surface area contributed by atoms with Crippen LogP contribution in [-0.2, 0) is 9.59 Å². The van der Waals surface area contributed by atoms with Crippen LogP contribution in [0.5, 0.6) is 0 Å². The van der Waals surface area contributed by atoms with Crippen LogP contribution in [0.1, 0.15) is 33.6 Å². The van der Waals surface area contributed by atoms with Crippen molar-refractivity contribution >= 4 is 17.5 Å². The van der Waals surface area contributed by atoms with Gasteiger partial charge >= 0.3 is 0 Å². The number of hydrogen-bond acceptors (Lipinski definition) is 2. The van der Waals surface area contributed by atoms with E-state index in [9.17, 15) is 14.0 Å². The van der Waals surface area contributed by atoms with Crippen LogP contribution in [-0.4, -0.2) is 29.8 Å². The molecule has 0 aliphatic heterocycles. The molecule has 0 heterocycles. The predicted octanol–water partition coefficient (Wildman–Crippen LogP) is 3.05. The van der Waals surface area contributed by atoms with Gasteiger partial charge in [-0.25, -0.2) is 4.39 Å². The van der Waals surface area contributed by atoms with Gasteiger partial charge in [0.25, 0.3) is 0 Å². The summed E-state index contributed by atoms with van der Waals surface area (Å²) in [5.41, 5.74) is 0.427. The Morgan fingerprint density at radius 3 is 2.57 bits per heavy atom. The lowest BCUT2D eigenvalue weighted by atomic mass is 10.1. The standard InChI is InChI=1S/C16H23FN2O2/c1-12(2)7-9-19(13(3)20)10-8-16(21)18-15-6-4-5-14(17)11-15/h4-6,11-12H,7-10H2,1-3H3,(H,18,21). The number of anilines is 1. The van der Waals surface area contributed by atoms with Crippen LogP contribution in [0, 0.1) is 11.7 Å². The van der Waals surface area contributed by atoms with Crippen molar-refractivity contribution in [2.45, 2.75) is 33.6 Å². The second-order valence-corrected chi connectivity index (χ2v) is 5.50. The van der Waals surface area contributed by atoms with Gasteiger partial charge in [-0.3, -0.25) is 9.59 Å². The third-order valence-electron chi connectivity index (χ3n) is 3.14. The molecule has 4 nitrogen and oxygen atoms in total. The van der Waals surface area contributed by atoms with Gasteiger partial charge in [-0.15, -0.1) is 0 Å². The molecule has 0 saturated carbocycles. The average Bonchev–Trinajstić information content (AvgIpc) is 2.37. The van der Waals surface area contributed by atoms with Gasteiger partial charge in [0.2, 0.25) is 11.8 Å². The first-order chi connectivity index (χ1) is 9.88. The zero-order valence-corrected chi connectivity index (χ0v) is 12.9. The summed E-state index contributed by atoms with van der Waals surface area (Å²) < 4.78 is 13.0. The fraction of sp³-hybridized carbons (Fsp3) is 0.500. The summed E-state index contributed by atoms with van der Waals surface area (Å²) in [5, 5.41) is 2.62. The Hall–Kier alpha value is -1.91. The lowest BCUT2D eigenvalue weighted by Gasteiger charge is -2.21. The van der Waals surface area contributed by atoms with Crippen LogP contribution in [0.15, 0.2) is 24.3 Å². The summed E-state index contributed by atoms with van der Waals surface area (Å²) in [5.74, 6) is -0.145. The normalized spacial score (nSPS) is 10.5. The second kappa shape index (κ2) is 8.39. The molecule has 0 unspecified atom stereocenters. The van der Waals surface area contributed by atoms with Gasteiger partial charge in [-0.2, -0.15) is 0 Å². The van der Waals surface area contributed by atoms with Crippen molar-refractivity contribution in [2.75, 3.05) is 18.4 Å². The quantitative estimate of drug-likeness (QED) is 0.840. The van der Waals surface area contributed by atoms with E-state index in [1.807, 2.05) is 0 Å². The molecule has 0 aliphatic rings. The third-order valence-corrected chi connectivity index (χ3v) is 3.14. The summed E-state index contributed by atoms with van der Waals surface area (Å²) in [6.45, 7) is 6.72. The van der Waals surface area contributed by atoms with Crippen LogP contribution in [0.4, 0.5) is 10.1 Å². The van der Waals surface area contributed by atoms with Crippen molar-refractivity contribution in [3.05, 3.63) is 30.1 Å². The molecule has 5 heteroatoms. The van der Waals surface area contributed by atoms with Gasteiger partial charge in [0.1, 0.15) is 5.82 Å². The maximum atomic E-state index is 13.0. The summed E-state index contributed by atoms with van der Waals surface area (Å²) >= 11 is 0. The SMILES string of the molecule is CC(=O)N(CCC(=O)Nc1cccc(F)c1)CCC(C)C. The second-order valence-electron chi connectivity index (χ2n) is 5.50. The number of hydrogen-bond donors (Lipinski definition) is 1. The molecule has 0 radical (unpaired) electrons. The van der Waals surface area contributed by atoms with Crippen molar-refractivity contribution in [2.24, 2.45) is 5.92 Å². The molecule has 116 valence electrons. The van der Waals surface area contributed by atoms with Gasteiger partial charge in [0.05, 0.1) is 0 Å². The Labute approximate surface area is 125 Å². The summed E-state index contributed by atoms with van der Waals surface area (Å²) in [6, 6.07) is 5.75. The van der Waals surface area contributed by atoms with Crippen molar-refractivity contribution in [1.29, 1.82) is 0 Å². The lowest BCUT2D eigenvalue weighted by Crippen LogP contribution is -2.33. The minimum absolute atomic E-state index is 0.0331. The van der Waals surface area contributed by atoms with E-state index in [1.165, 1.54) is 25.1 Å². The Kier molecular flexibility index (Phi) is 6.85. The van der Waals surface area contributed by atoms with E-state index in [-0.39, 0.29) is 18.2 Å². The Bertz CT molecular complexity index is 489. The molecule has 0 atom stereocenters. The molecule has 21 heavy (non-hydrogen) atoms. The smallest absolute Gasteiger partial charge is 0.226 e. The first kappa shape index (κ1) is 17.1. The predicted molar refractivity (Wildman–Crippen MR) is 81.4 cm³/mol. The highest BCUT2D eigenvalue weighted by Gasteiger charge is 2.12. The maximum absolute atomic E-state index is 13.0. The highest BCUT2D eigenvalue weighted by Crippen LogP contribution is 2.10. The van der Waals surface area contributed by atoms with Gasteiger partial charge in [-0.05, 0) is 30.5 Å². The van der Waals surface area contributed by atoms with Crippen LogP contribution >= 0.6 is 0 Å². The molecule has 1 aromatic carbocycles. The van der Waals surface area contributed by atoms with Crippen molar-refractivity contribution in [1.82, 2.24) is 4.90 Å². The largest absolute Gasteiger partial charge is 0.342 e. The monoisotopic (exact) mass is 294 g/mol. The van der Waals surface area contributed by atoms with E-state index in [2.05, 4.69) is 19.2 Å². The summed E-state index contributed by atoms with van der Waals surface area (Å²) in [4.78, 5) is 25.0. The molecule has 0 aliphatic carbocycles. The first-order valence-electron chi connectivity index (χ1n) is 7.19. The Morgan fingerprint density at radius 2 is 2.00 bits per heavy atom. The minimum Gasteiger partial charge on any atom is -0.342 e. The van der Waals surface area contributed by atoms with E-state index in [0.717, 1.165) is 6.42 Å². The fourth-order valence-electron chi connectivity index (χ4n) is 1.87. The first-order valence-corrected chi connectivity index (χ1v) is 7.19. The van der Waals surface area contributed by atoms with Gasteiger partial charge in [0, 0.05) is 32.1 Å². The van der Waals surface area contributed by atoms with Crippen LogP contribution in [0.25, 0.3) is 0 Å². The molecule has 1 N–H and O–H groups in total. The highest BCUT2D eigenvalue weighted by atomic mass is 19.1. The molecule has 0 aromatic heterocycles. The molecule has 1 aromatic rings. The number of nitrogens with zero attached hydrogens (tertiary/aromatic N) is 1. The zero-order chi connectivity index (χ0) is 15.8. The fourth-order valence-corrected chi connectivity index (χ4v) is 1.87. The molecule has 0 saturated heterocycles. The third kappa shape index (κ3) is 6.88. The summed E-state index contributed by atoms with van der Waals surface area (Å²) in [7, 11) is 0. The lowest BCUT2D eigenvalue weighted by molar-refractivity contribution is -0.129. The number of halogens is 1.